The first-order chi connectivity index (χ1) is 13.7. The van der Waals surface area contributed by atoms with Gasteiger partial charge in [-0.25, -0.2) is 9.59 Å². The average Bonchev–Trinajstić information content (AvgIpc) is 3.15. The van der Waals surface area contributed by atoms with Gasteiger partial charge in [0, 0.05) is 18.1 Å². The van der Waals surface area contributed by atoms with Gasteiger partial charge in [-0.15, -0.1) is 0 Å². The van der Waals surface area contributed by atoms with Crippen molar-refractivity contribution in [2.75, 3.05) is 19.4 Å². The maximum atomic E-state index is 13.2. The summed E-state index contributed by atoms with van der Waals surface area (Å²) in [7, 11) is 1.31. The summed E-state index contributed by atoms with van der Waals surface area (Å²) in [6, 6.07) is 8.51. The maximum absolute atomic E-state index is 13.2. The van der Waals surface area contributed by atoms with Crippen LogP contribution in [-0.4, -0.2) is 60.0 Å². The Morgan fingerprint density at radius 3 is 2.55 bits per heavy atom. The first-order valence-corrected chi connectivity index (χ1v) is 10.9. The molecule has 2 amide bonds. The van der Waals surface area contributed by atoms with E-state index in [4.69, 9.17) is 9.47 Å². The first-order valence-electron chi connectivity index (χ1n) is 9.71. The predicted molar refractivity (Wildman–Crippen MR) is 113 cm³/mol. The third-order valence-corrected chi connectivity index (χ3v) is 5.50. The molecule has 7 nitrogen and oxygen atoms in total. The molecule has 0 aromatic heterocycles. The van der Waals surface area contributed by atoms with E-state index in [2.05, 4.69) is 5.32 Å². The molecule has 1 heterocycles. The number of carbonyl (C=O) groups excluding carboxylic acids is 3. The fourth-order valence-electron chi connectivity index (χ4n) is 3.11. The Balaban J connectivity index is 2.06. The van der Waals surface area contributed by atoms with Crippen molar-refractivity contribution in [3.8, 4) is 0 Å². The highest BCUT2D eigenvalue weighted by atomic mass is 32.2. The molecule has 0 spiro atoms. The lowest BCUT2D eigenvalue weighted by Gasteiger charge is -2.28. The van der Waals surface area contributed by atoms with Crippen LogP contribution in [0.4, 0.5) is 4.79 Å². The Labute approximate surface area is 176 Å². The molecule has 1 saturated heterocycles. The molecule has 1 aromatic rings. The molecule has 160 valence electrons. The SMILES string of the molecule is COC(=O)[C@@H]1CCCN1C(=O)[C@H](CSCc1ccccc1)NC(=O)OC(C)(C)C. The number of alkyl carbamates (subject to hydrolysis) is 1. The molecule has 0 aliphatic carbocycles. The van der Waals surface area contributed by atoms with Crippen LogP contribution in [0.3, 0.4) is 0 Å². The number of esters is 1. The third kappa shape index (κ3) is 7.27. The Bertz CT molecular complexity index is 705. The Kier molecular flexibility index (Phi) is 8.37. The second kappa shape index (κ2) is 10.5. The number of hydrogen-bond donors (Lipinski definition) is 1. The lowest BCUT2D eigenvalue weighted by atomic mass is 10.2. The number of nitrogens with zero attached hydrogens (tertiary/aromatic N) is 1. The zero-order chi connectivity index (χ0) is 21.4. The molecule has 8 heteroatoms. The van der Waals surface area contributed by atoms with E-state index in [1.54, 1.807) is 32.5 Å². The monoisotopic (exact) mass is 422 g/mol. The Hall–Kier alpha value is -2.22. The molecule has 1 N–H and O–H groups in total. The topological polar surface area (TPSA) is 84.9 Å². The number of carbonyl (C=O) groups is 3. The number of nitrogens with one attached hydrogen (secondary N) is 1. The molecular formula is C21H30N2O5S. The van der Waals surface area contributed by atoms with E-state index in [0.29, 0.717) is 24.5 Å². The van der Waals surface area contributed by atoms with Gasteiger partial charge in [0.05, 0.1) is 7.11 Å². The molecule has 1 aromatic carbocycles. The van der Waals surface area contributed by atoms with Gasteiger partial charge in [-0.2, -0.15) is 11.8 Å². The number of amides is 2. The van der Waals surface area contributed by atoms with Crippen molar-refractivity contribution < 1.29 is 23.9 Å². The molecule has 0 unspecified atom stereocenters. The van der Waals surface area contributed by atoms with E-state index in [-0.39, 0.29) is 5.91 Å². The van der Waals surface area contributed by atoms with E-state index in [0.717, 1.165) is 12.0 Å². The molecule has 2 atom stereocenters. The standard InChI is InChI=1S/C21H30N2O5S/c1-21(2,3)28-20(26)22-16(14-29-13-15-9-6-5-7-10-15)18(24)23-12-8-11-17(23)19(25)27-4/h5-7,9-10,16-17H,8,11-14H2,1-4H3,(H,22,26)/t16-,17-/m0/s1. The van der Waals surface area contributed by atoms with Gasteiger partial charge in [0.1, 0.15) is 17.7 Å². The normalized spacial score (nSPS) is 17.5. The summed E-state index contributed by atoms with van der Waals surface area (Å²) in [6.07, 6.45) is 0.640. The smallest absolute Gasteiger partial charge is 0.408 e. The summed E-state index contributed by atoms with van der Waals surface area (Å²) in [5.41, 5.74) is 0.464. The van der Waals surface area contributed by atoms with Crippen LogP contribution in [0.1, 0.15) is 39.2 Å². The maximum Gasteiger partial charge on any atom is 0.408 e. The van der Waals surface area contributed by atoms with Crippen LogP contribution in [-0.2, 0) is 24.8 Å². The van der Waals surface area contributed by atoms with Gasteiger partial charge < -0.3 is 19.7 Å². The van der Waals surface area contributed by atoms with Crippen LogP contribution in [0.5, 0.6) is 0 Å². The van der Waals surface area contributed by atoms with Gasteiger partial charge in [0.15, 0.2) is 0 Å². The summed E-state index contributed by atoms with van der Waals surface area (Å²) in [6.45, 7) is 5.76. The molecule has 1 fully saturated rings. The van der Waals surface area contributed by atoms with Gasteiger partial charge in [-0.05, 0) is 39.2 Å². The minimum Gasteiger partial charge on any atom is -0.467 e. The van der Waals surface area contributed by atoms with Crippen LogP contribution in [0.15, 0.2) is 30.3 Å². The van der Waals surface area contributed by atoms with Crippen molar-refractivity contribution >= 4 is 29.7 Å². The highest BCUT2D eigenvalue weighted by Crippen LogP contribution is 2.21. The highest BCUT2D eigenvalue weighted by Gasteiger charge is 2.38. The number of hydrogen-bond acceptors (Lipinski definition) is 6. The fourth-order valence-corrected chi connectivity index (χ4v) is 4.11. The fraction of sp³-hybridized carbons (Fsp3) is 0.571. The lowest BCUT2D eigenvalue weighted by Crippen LogP contribution is -2.53. The molecule has 29 heavy (non-hydrogen) atoms. The van der Waals surface area contributed by atoms with Crippen molar-refractivity contribution in [1.82, 2.24) is 10.2 Å². The second-order valence-corrected chi connectivity index (χ2v) is 8.94. The van der Waals surface area contributed by atoms with E-state index in [1.807, 2.05) is 30.3 Å². The number of thioether (sulfide) groups is 1. The van der Waals surface area contributed by atoms with Crippen molar-refractivity contribution in [2.24, 2.45) is 0 Å². The van der Waals surface area contributed by atoms with Gasteiger partial charge in [0.2, 0.25) is 5.91 Å². The van der Waals surface area contributed by atoms with Gasteiger partial charge in [0.25, 0.3) is 0 Å². The number of methoxy groups -OCH3 is 1. The van der Waals surface area contributed by atoms with Gasteiger partial charge in [-0.1, -0.05) is 30.3 Å². The van der Waals surface area contributed by atoms with Crippen molar-refractivity contribution in [2.45, 2.75) is 57.1 Å². The summed E-state index contributed by atoms with van der Waals surface area (Å²) in [4.78, 5) is 39.0. The van der Waals surface area contributed by atoms with Crippen molar-refractivity contribution in [3.63, 3.8) is 0 Å². The molecule has 0 bridgehead atoms. The number of ether oxygens (including phenoxy) is 2. The third-order valence-electron chi connectivity index (χ3n) is 4.39. The molecule has 0 saturated carbocycles. The van der Waals surface area contributed by atoms with E-state index >= 15 is 0 Å². The second-order valence-electron chi connectivity index (χ2n) is 7.91. The largest absolute Gasteiger partial charge is 0.467 e. The van der Waals surface area contributed by atoms with E-state index < -0.39 is 29.7 Å². The Morgan fingerprint density at radius 1 is 1.24 bits per heavy atom. The van der Waals surface area contributed by atoms with Crippen molar-refractivity contribution in [1.29, 1.82) is 0 Å². The highest BCUT2D eigenvalue weighted by molar-refractivity contribution is 7.98. The minimum absolute atomic E-state index is 0.288. The molecule has 1 aliphatic rings. The predicted octanol–water partition coefficient (Wildman–Crippen LogP) is 2.98. The zero-order valence-electron chi connectivity index (χ0n) is 17.5. The number of likely N-dealkylation sites (tertiary alicyclic amines) is 1. The zero-order valence-corrected chi connectivity index (χ0v) is 18.3. The van der Waals surface area contributed by atoms with Crippen LogP contribution in [0, 0.1) is 0 Å². The van der Waals surface area contributed by atoms with Crippen LogP contribution in [0.25, 0.3) is 0 Å². The quantitative estimate of drug-likeness (QED) is 0.680. The summed E-state index contributed by atoms with van der Waals surface area (Å²) in [5.74, 6) is 0.367. The minimum atomic E-state index is -0.788. The molecule has 1 aliphatic heterocycles. The molecular weight excluding hydrogens is 392 g/mol. The molecule has 0 radical (unpaired) electrons. The number of benzene rings is 1. The van der Waals surface area contributed by atoms with Crippen molar-refractivity contribution in [3.05, 3.63) is 35.9 Å². The summed E-state index contributed by atoms with van der Waals surface area (Å²) >= 11 is 1.54. The molecule has 2 rings (SSSR count). The van der Waals surface area contributed by atoms with Crippen LogP contribution >= 0.6 is 11.8 Å². The van der Waals surface area contributed by atoms with E-state index in [1.165, 1.54) is 12.0 Å². The summed E-state index contributed by atoms with van der Waals surface area (Å²) < 4.78 is 10.1. The summed E-state index contributed by atoms with van der Waals surface area (Å²) in [5, 5.41) is 2.69. The van der Waals surface area contributed by atoms with Gasteiger partial charge >= 0.3 is 12.1 Å². The average molecular weight is 423 g/mol. The lowest BCUT2D eigenvalue weighted by molar-refractivity contribution is -0.151. The van der Waals surface area contributed by atoms with Gasteiger partial charge in [-0.3, -0.25) is 4.79 Å². The van der Waals surface area contributed by atoms with Crippen LogP contribution in [0.2, 0.25) is 0 Å². The van der Waals surface area contributed by atoms with E-state index in [9.17, 15) is 14.4 Å². The number of rotatable bonds is 7. The van der Waals surface area contributed by atoms with Crippen LogP contribution < -0.4 is 5.32 Å². The first kappa shape index (κ1) is 23.1. The Morgan fingerprint density at radius 2 is 1.93 bits per heavy atom.